The first kappa shape index (κ1) is 13.3. The normalized spacial score (nSPS) is 14.3. The topological polar surface area (TPSA) is 55.1 Å². The van der Waals surface area contributed by atoms with Crippen molar-refractivity contribution in [3.05, 3.63) is 28.2 Å². The summed E-state index contributed by atoms with van der Waals surface area (Å²) >= 11 is 11.7. The largest absolute Gasteiger partial charge is 0.323 e. The van der Waals surface area contributed by atoms with Crippen LogP contribution in [0.2, 0.25) is 10.0 Å². The van der Waals surface area contributed by atoms with Crippen LogP contribution in [0.1, 0.15) is 20.3 Å². The van der Waals surface area contributed by atoms with Crippen molar-refractivity contribution in [3.63, 3.8) is 0 Å². The van der Waals surface area contributed by atoms with E-state index in [0.29, 0.717) is 22.2 Å². The van der Waals surface area contributed by atoms with Gasteiger partial charge in [0.25, 0.3) is 0 Å². The molecule has 0 saturated carbocycles. The van der Waals surface area contributed by atoms with Crippen molar-refractivity contribution in [2.45, 2.75) is 25.8 Å². The first-order valence-corrected chi connectivity index (χ1v) is 5.68. The summed E-state index contributed by atoms with van der Waals surface area (Å²) in [5, 5.41) is 3.61. The summed E-state index contributed by atoms with van der Waals surface area (Å²) < 4.78 is 0. The summed E-state index contributed by atoms with van der Waals surface area (Å²) in [6.45, 7) is 3.51. The molecule has 16 heavy (non-hydrogen) atoms. The molecule has 1 atom stereocenters. The molecule has 88 valence electrons. The van der Waals surface area contributed by atoms with Crippen molar-refractivity contribution in [2.75, 3.05) is 5.32 Å². The maximum absolute atomic E-state index is 11.8. The molecule has 0 fully saturated rings. The van der Waals surface area contributed by atoms with Crippen molar-refractivity contribution < 1.29 is 4.79 Å². The third kappa shape index (κ3) is 3.11. The maximum atomic E-state index is 11.8. The molecule has 0 aliphatic carbocycles. The van der Waals surface area contributed by atoms with Crippen LogP contribution in [-0.2, 0) is 4.79 Å². The van der Waals surface area contributed by atoms with Crippen LogP contribution in [0.25, 0.3) is 0 Å². The van der Waals surface area contributed by atoms with E-state index < -0.39 is 5.54 Å². The monoisotopic (exact) mass is 260 g/mol. The number of hydrogen-bond acceptors (Lipinski definition) is 2. The molecule has 0 heterocycles. The molecule has 0 bridgehead atoms. The van der Waals surface area contributed by atoms with Gasteiger partial charge in [0.2, 0.25) is 5.91 Å². The standard InChI is InChI=1S/C11H14Cl2N2O/c1-3-11(2,14)10(16)15-9-6-7(12)4-5-8(9)13/h4-6H,3,14H2,1-2H3,(H,15,16). The molecule has 1 unspecified atom stereocenters. The van der Waals surface area contributed by atoms with Gasteiger partial charge >= 0.3 is 0 Å². The highest BCUT2D eigenvalue weighted by molar-refractivity contribution is 6.35. The van der Waals surface area contributed by atoms with E-state index in [1.807, 2.05) is 6.92 Å². The lowest BCUT2D eigenvalue weighted by Gasteiger charge is -2.21. The predicted molar refractivity (Wildman–Crippen MR) is 68.0 cm³/mol. The van der Waals surface area contributed by atoms with Crippen LogP contribution in [0, 0.1) is 0 Å². The molecule has 0 aromatic heterocycles. The average Bonchev–Trinajstić information content (AvgIpc) is 2.23. The number of anilines is 1. The molecule has 0 radical (unpaired) electrons. The third-order valence-corrected chi connectivity index (χ3v) is 2.99. The van der Waals surface area contributed by atoms with Gasteiger partial charge in [-0.15, -0.1) is 0 Å². The molecule has 0 aliphatic rings. The summed E-state index contributed by atoms with van der Waals surface area (Å²) in [7, 11) is 0. The van der Waals surface area contributed by atoms with Gasteiger partial charge in [0.05, 0.1) is 16.2 Å². The lowest BCUT2D eigenvalue weighted by atomic mass is 9.99. The van der Waals surface area contributed by atoms with Gasteiger partial charge in [-0.25, -0.2) is 0 Å². The fourth-order valence-electron chi connectivity index (χ4n) is 1.02. The summed E-state index contributed by atoms with van der Waals surface area (Å²) in [5.74, 6) is -0.279. The van der Waals surface area contributed by atoms with Crippen LogP contribution >= 0.6 is 23.2 Å². The predicted octanol–water partition coefficient (Wildman–Crippen LogP) is 3.06. The summed E-state index contributed by atoms with van der Waals surface area (Å²) in [6, 6.07) is 4.87. The average molecular weight is 261 g/mol. The van der Waals surface area contributed by atoms with Gasteiger partial charge in [0.15, 0.2) is 0 Å². The number of carbonyl (C=O) groups is 1. The fraction of sp³-hybridized carbons (Fsp3) is 0.364. The molecule has 1 aromatic carbocycles. The molecule has 0 aliphatic heterocycles. The highest BCUT2D eigenvalue weighted by Crippen LogP contribution is 2.26. The second kappa shape index (κ2) is 5.04. The fourth-order valence-corrected chi connectivity index (χ4v) is 1.36. The van der Waals surface area contributed by atoms with Gasteiger partial charge in [-0.2, -0.15) is 0 Å². The van der Waals surface area contributed by atoms with Crippen molar-refractivity contribution in [2.24, 2.45) is 5.73 Å². The molecule has 3 N–H and O–H groups in total. The van der Waals surface area contributed by atoms with E-state index in [-0.39, 0.29) is 5.91 Å². The van der Waals surface area contributed by atoms with Crippen LogP contribution < -0.4 is 11.1 Å². The van der Waals surface area contributed by atoms with Crippen LogP contribution in [0.4, 0.5) is 5.69 Å². The Balaban J connectivity index is 2.89. The van der Waals surface area contributed by atoms with Gasteiger partial charge in [0, 0.05) is 5.02 Å². The first-order chi connectivity index (χ1) is 7.36. The second-order valence-corrected chi connectivity index (χ2v) is 4.69. The molecular formula is C11H14Cl2N2O. The number of carbonyl (C=O) groups excluding carboxylic acids is 1. The van der Waals surface area contributed by atoms with Gasteiger partial charge in [0.1, 0.15) is 0 Å². The lowest BCUT2D eigenvalue weighted by Crippen LogP contribution is -2.47. The van der Waals surface area contributed by atoms with Crippen LogP contribution in [0.3, 0.4) is 0 Å². The van der Waals surface area contributed by atoms with Crippen molar-refractivity contribution >= 4 is 34.8 Å². The number of amides is 1. The highest BCUT2D eigenvalue weighted by atomic mass is 35.5. The Bertz CT molecular complexity index is 405. The minimum Gasteiger partial charge on any atom is -0.323 e. The highest BCUT2D eigenvalue weighted by Gasteiger charge is 2.26. The van der Waals surface area contributed by atoms with Gasteiger partial charge in [-0.1, -0.05) is 30.1 Å². The van der Waals surface area contributed by atoms with Crippen molar-refractivity contribution in [1.29, 1.82) is 0 Å². The van der Waals surface area contributed by atoms with E-state index in [0.717, 1.165) is 0 Å². The zero-order valence-corrected chi connectivity index (χ0v) is 10.7. The van der Waals surface area contributed by atoms with Crippen molar-refractivity contribution in [3.8, 4) is 0 Å². The molecule has 1 amide bonds. The van der Waals surface area contributed by atoms with E-state index in [4.69, 9.17) is 28.9 Å². The number of rotatable bonds is 3. The van der Waals surface area contributed by atoms with Crippen molar-refractivity contribution in [1.82, 2.24) is 0 Å². The Labute approximate surface area is 105 Å². The van der Waals surface area contributed by atoms with E-state index in [1.165, 1.54) is 0 Å². The summed E-state index contributed by atoms with van der Waals surface area (Å²) in [4.78, 5) is 11.8. The van der Waals surface area contributed by atoms with E-state index >= 15 is 0 Å². The number of benzene rings is 1. The molecule has 3 nitrogen and oxygen atoms in total. The van der Waals surface area contributed by atoms with E-state index in [9.17, 15) is 4.79 Å². The van der Waals surface area contributed by atoms with Crippen LogP contribution in [0.15, 0.2) is 18.2 Å². The Morgan fingerprint density at radius 3 is 2.69 bits per heavy atom. The quantitative estimate of drug-likeness (QED) is 0.878. The molecule has 1 rings (SSSR count). The van der Waals surface area contributed by atoms with Gasteiger partial charge in [-0.3, -0.25) is 4.79 Å². The zero-order valence-electron chi connectivity index (χ0n) is 9.18. The Morgan fingerprint density at radius 1 is 1.50 bits per heavy atom. The minimum absolute atomic E-state index is 0.279. The number of hydrogen-bond donors (Lipinski definition) is 2. The minimum atomic E-state index is -0.911. The van der Waals surface area contributed by atoms with Gasteiger partial charge < -0.3 is 11.1 Å². The Hall–Kier alpha value is -0.770. The smallest absolute Gasteiger partial charge is 0.244 e. The maximum Gasteiger partial charge on any atom is 0.244 e. The SMILES string of the molecule is CCC(C)(N)C(=O)Nc1cc(Cl)ccc1Cl. The zero-order chi connectivity index (χ0) is 12.3. The molecular weight excluding hydrogens is 247 g/mol. The lowest BCUT2D eigenvalue weighted by molar-refractivity contribution is -0.120. The van der Waals surface area contributed by atoms with E-state index in [1.54, 1.807) is 25.1 Å². The molecule has 5 heteroatoms. The Kier molecular flexibility index (Phi) is 4.19. The Morgan fingerprint density at radius 2 is 2.12 bits per heavy atom. The third-order valence-electron chi connectivity index (χ3n) is 2.43. The molecule has 1 aromatic rings. The van der Waals surface area contributed by atoms with Crippen LogP contribution in [-0.4, -0.2) is 11.4 Å². The van der Waals surface area contributed by atoms with Crippen LogP contribution in [0.5, 0.6) is 0 Å². The summed E-state index contributed by atoms with van der Waals surface area (Å²) in [5.41, 5.74) is 5.37. The first-order valence-electron chi connectivity index (χ1n) is 4.92. The second-order valence-electron chi connectivity index (χ2n) is 3.85. The molecule has 0 spiro atoms. The van der Waals surface area contributed by atoms with Gasteiger partial charge in [-0.05, 0) is 31.5 Å². The number of halogens is 2. The summed E-state index contributed by atoms with van der Waals surface area (Å²) in [6.07, 6.45) is 0.539. The number of nitrogens with two attached hydrogens (primary N) is 1. The number of nitrogens with one attached hydrogen (secondary N) is 1. The van der Waals surface area contributed by atoms with E-state index in [2.05, 4.69) is 5.32 Å². The molecule has 0 saturated heterocycles.